The summed E-state index contributed by atoms with van der Waals surface area (Å²) in [6.07, 6.45) is 1.65. The molecule has 0 unspecified atom stereocenters. The summed E-state index contributed by atoms with van der Waals surface area (Å²) in [6, 6.07) is 12.1. The van der Waals surface area contributed by atoms with Crippen LogP contribution in [-0.2, 0) is 6.54 Å². The lowest BCUT2D eigenvalue weighted by atomic mass is 9.89. The summed E-state index contributed by atoms with van der Waals surface area (Å²) >= 11 is 0. The number of nitrogens with zero attached hydrogens (tertiary/aromatic N) is 2. The molecule has 0 saturated carbocycles. The maximum atomic E-state index is 10.8. The van der Waals surface area contributed by atoms with Gasteiger partial charge in [0.05, 0.1) is 24.3 Å². The first-order chi connectivity index (χ1) is 14.5. The van der Waals surface area contributed by atoms with Gasteiger partial charge in [0, 0.05) is 19.3 Å². The third-order valence-electron chi connectivity index (χ3n) is 5.77. The Kier molecular flexibility index (Phi) is 5.90. The van der Waals surface area contributed by atoms with Crippen LogP contribution < -0.4 is 20.5 Å². The molecule has 3 aromatic rings. The Morgan fingerprint density at radius 3 is 2.80 bits per heavy atom. The third-order valence-corrected chi connectivity index (χ3v) is 5.77. The number of aromatic nitrogens is 3. The monoisotopic (exact) mass is 411 g/mol. The van der Waals surface area contributed by atoms with Crippen LogP contribution in [0, 0.1) is 0 Å². The highest BCUT2D eigenvalue weighted by Crippen LogP contribution is 2.22. The first-order valence-electron chi connectivity index (χ1n) is 10.5. The van der Waals surface area contributed by atoms with E-state index in [-0.39, 0.29) is 6.54 Å². The van der Waals surface area contributed by atoms with Gasteiger partial charge in [0.15, 0.2) is 0 Å². The summed E-state index contributed by atoms with van der Waals surface area (Å²) in [6.45, 7) is 6.25. The SMILES string of the molecule is CC(C)c1c[nH][n+]2c(NCc3ccccc3)cc(NC[C@]3(O)CCNC[C@H]3O)nc12. The molecule has 1 fully saturated rings. The fraction of sp³-hybridized carbons (Fsp3) is 0.455. The van der Waals surface area contributed by atoms with Crippen molar-refractivity contribution in [3.63, 3.8) is 0 Å². The van der Waals surface area contributed by atoms with E-state index in [1.54, 1.807) is 0 Å². The van der Waals surface area contributed by atoms with Crippen LogP contribution in [0.1, 0.15) is 37.3 Å². The Balaban J connectivity index is 1.61. The van der Waals surface area contributed by atoms with Crippen LogP contribution in [0.4, 0.5) is 11.6 Å². The molecule has 6 N–H and O–H groups in total. The lowest BCUT2D eigenvalue weighted by Gasteiger charge is -2.37. The number of aromatic amines is 1. The van der Waals surface area contributed by atoms with Gasteiger partial charge in [0.2, 0.25) is 11.6 Å². The third kappa shape index (κ3) is 4.26. The van der Waals surface area contributed by atoms with E-state index in [2.05, 4.69) is 47.0 Å². The molecule has 0 radical (unpaired) electrons. The smallest absolute Gasteiger partial charge is 0.292 e. The first kappa shape index (κ1) is 20.6. The van der Waals surface area contributed by atoms with Crippen molar-refractivity contribution in [2.45, 2.75) is 44.4 Å². The van der Waals surface area contributed by atoms with E-state index >= 15 is 0 Å². The van der Waals surface area contributed by atoms with Gasteiger partial charge in [-0.05, 0) is 24.4 Å². The van der Waals surface area contributed by atoms with Crippen molar-refractivity contribution in [3.05, 3.63) is 53.7 Å². The number of H-pyrrole nitrogens is 1. The van der Waals surface area contributed by atoms with E-state index in [9.17, 15) is 10.2 Å². The van der Waals surface area contributed by atoms with Crippen LogP contribution in [0.25, 0.3) is 5.65 Å². The Labute approximate surface area is 176 Å². The number of β-amino-alcohol motifs (C(OH)–C–C–N with tert-alkyl or cyclic N) is 1. The van der Waals surface area contributed by atoms with Crippen LogP contribution >= 0.6 is 0 Å². The van der Waals surface area contributed by atoms with Crippen molar-refractivity contribution in [1.82, 2.24) is 15.4 Å². The molecule has 4 rings (SSSR count). The molecule has 1 aromatic carbocycles. The van der Waals surface area contributed by atoms with Crippen LogP contribution in [0.3, 0.4) is 0 Å². The molecule has 0 amide bonds. The fourth-order valence-corrected chi connectivity index (χ4v) is 3.81. The second-order valence-corrected chi connectivity index (χ2v) is 8.34. The number of fused-ring (bicyclic) bond motifs is 1. The second kappa shape index (κ2) is 8.59. The number of aliphatic hydroxyl groups is 2. The van der Waals surface area contributed by atoms with E-state index in [1.807, 2.05) is 35.0 Å². The van der Waals surface area contributed by atoms with Gasteiger partial charge in [0.1, 0.15) is 5.60 Å². The van der Waals surface area contributed by atoms with Gasteiger partial charge in [-0.25, -0.2) is 0 Å². The highest BCUT2D eigenvalue weighted by Gasteiger charge is 2.38. The van der Waals surface area contributed by atoms with Crippen molar-refractivity contribution in [2.24, 2.45) is 0 Å². The number of rotatable bonds is 7. The standard InChI is InChI=1S/C22H30N6O2/c1-15(2)17-12-26-28-20(24-11-16-6-4-3-5-7-16)10-19(27-21(17)28)25-14-22(30)8-9-23-13-18(22)29/h3-7,10,12,15,18,23,29-30H,8-9,11,13-14H2,1-2H3,(H2,24,25,26,27)/p+1/t18-,22-/m1/s1. The predicted octanol–water partition coefficient (Wildman–Crippen LogP) is 1.38. The Bertz CT molecular complexity index is 990. The van der Waals surface area contributed by atoms with E-state index in [0.717, 1.165) is 17.0 Å². The maximum absolute atomic E-state index is 10.8. The topological polar surface area (TPSA) is 109 Å². The minimum Gasteiger partial charge on any atom is -0.389 e. The lowest BCUT2D eigenvalue weighted by Crippen LogP contribution is -2.57. The Morgan fingerprint density at radius 1 is 1.27 bits per heavy atom. The molecule has 2 atom stereocenters. The molecule has 0 bridgehead atoms. The van der Waals surface area contributed by atoms with Crippen molar-refractivity contribution < 1.29 is 14.7 Å². The van der Waals surface area contributed by atoms with Crippen LogP contribution in [0.2, 0.25) is 0 Å². The molecular weight excluding hydrogens is 380 g/mol. The van der Waals surface area contributed by atoms with Crippen LogP contribution in [-0.4, -0.2) is 51.6 Å². The lowest BCUT2D eigenvalue weighted by molar-refractivity contribution is -0.564. The Morgan fingerprint density at radius 2 is 2.07 bits per heavy atom. The molecule has 160 valence electrons. The highest BCUT2D eigenvalue weighted by molar-refractivity contribution is 5.53. The van der Waals surface area contributed by atoms with E-state index in [0.29, 0.717) is 37.8 Å². The van der Waals surface area contributed by atoms with Crippen molar-refractivity contribution in [3.8, 4) is 0 Å². The van der Waals surface area contributed by atoms with Crippen molar-refractivity contribution in [1.29, 1.82) is 0 Å². The second-order valence-electron chi connectivity index (χ2n) is 8.34. The van der Waals surface area contributed by atoms with Crippen molar-refractivity contribution in [2.75, 3.05) is 30.3 Å². The van der Waals surface area contributed by atoms with Gasteiger partial charge in [-0.1, -0.05) is 49.2 Å². The number of hydrogen-bond donors (Lipinski definition) is 6. The van der Waals surface area contributed by atoms with Crippen LogP contribution in [0.5, 0.6) is 0 Å². The van der Waals surface area contributed by atoms with E-state index < -0.39 is 11.7 Å². The number of anilines is 2. The normalized spacial score (nSPS) is 21.8. The molecule has 8 heteroatoms. The largest absolute Gasteiger partial charge is 0.389 e. The van der Waals surface area contributed by atoms with Gasteiger partial charge in [-0.15, -0.1) is 4.52 Å². The molecule has 2 aromatic heterocycles. The average molecular weight is 412 g/mol. The minimum atomic E-state index is -1.17. The van der Waals surface area contributed by atoms with Gasteiger partial charge >= 0.3 is 0 Å². The number of piperidine rings is 1. The molecule has 8 nitrogen and oxygen atoms in total. The molecule has 1 aliphatic rings. The molecule has 0 spiro atoms. The summed E-state index contributed by atoms with van der Waals surface area (Å²) in [5.74, 6) is 1.84. The average Bonchev–Trinajstić information content (AvgIpc) is 3.18. The molecular formula is C22H31N6O2+. The summed E-state index contributed by atoms with van der Waals surface area (Å²) in [7, 11) is 0. The molecule has 1 saturated heterocycles. The Hall–Kier alpha value is -2.68. The predicted molar refractivity (Wildman–Crippen MR) is 117 cm³/mol. The van der Waals surface area contributed by atoms with Gasteiger partial charge in [0.25, 0.3) is 5.65 Å². The van der Waals surface area contributed by atoms with Crippen LogP contribution in [0.15, 0.2) is 42.6 Å². The summed E-state index contributed by atoms with van der Waals surface area (Å²) < 4.78 is 1.94. The van der Waals surface area contributed by atoms with E-state index in [4.69, 9.17) is 4.98 Å². The fourth-order valence-electron chi connectivity index (χ4n) is 3.81. The zero-order valence-corrected chi connectivity index (χ0v) is 17.5. The zero-order chi connectivity index (χ0) is 21.1. The number of benzene rings is 1. The van der Waals surface area contributed by atoms with Gasteiger partial charge < -0.3 is 20.8 Å². The van der Waals surface area contributed by atoms with E-state index in [1.165, 1.54) is 5.56 Å². The van der Waals surface area contributed by atoms with Crippen molar-refractivity contribution >= 4 is 17.3 Å². The number of hydrogen-bond acceptors (Lipinski definition) is 6. The quantitative estimate of drug-likeness (QED) is 0.328. The first-order valence-corrected chi connectivity index (χ1v) is 10.5. The zero-order valence-electron chi connectivity index (χ0n) is 17.5. The maximum Gasteiger partial charge on any atom is 0.292 e. The van der Waals surface area contributed by atoms with Gasteiger partial charge in [-0.3, -0.25) is 10.4 Å². The number of aliphatic hydroxyl groups excluding tert-OH is 1. The molecule has 30 heavy (non-hydrogen) atoms. The highest BCUT2D eigenvalue weighted by atomic mass is 16.3. The summed E-state index contributed by atoms with van der Waals surface area (Å²) in [5.41, 5.74) is 1.96. The summed E-state index contributed by atoms with van der Waals surface area (Å²) in [4.78, 5) is 4.78. The van der Waals surface area contributed by atoms with Gasteiger partial charge in [-0.2, -0.15) is 0 Å². The molecule has 3 heterocycles. The number of nitrogens with one attached hydrogen (secondary N) is 4. The summed E-state index contributed by atoms with van der Waals surface area (Å²) in [5, 5.41) is 34.2. The molecule has 0 aliphatic carbocycles. The molecule has 1 aliphatic heterocycles. The minimum absolute atomic E-state index is 0.235.